The number of aliphatic hydroxyl groups excluding tert-OH is 1. The van der Waals surface area contributed by atoms with E-state index in [2.05, 4.69) is 5.32 Å². The highest BCUT2D eigenvalue weighted by Gasteiger charge is 2.43. The highest BCUT2D eigenvalue weighted by atomic mass is 19.4. The quantitative estimate of drug-likeness (QED) is 0.770. The Kier molecular flexibility index (Phi) is 5.69. The van der Waals surface area contributed by atoms with Crippen molar-refractivity contribution in [2.45, 2.75) is 45.3 Å². The van der Waals surface area contributed by atoms with E-state index in [1.807, 2.05) is 20.8 Å². The molecule has 1 aromatic carbocycles. The summed E-state index contributed by atoms with van der Waals surface area (Å²) in [5, 5.41) is 20.9. The second-order valence-electron chi connectivity index (χ2n) is 6.61. The zero-order valence-corrected chi connectivity index (χ0v) is 13.4. The van der Waals surface area contributed by atoms with Gasteiger partial charge in [0.25, 0.3) is 0 Å². The van der Waals surface area contributed by atoms with Gasteiger partial charge in [0.15, 0.2) is 0 Å². The number of carboxylic acid groups (broad SMARTS) is 1. The maximum absolute atomic E-state index is 12.6. The Bertz CT molecular complexity index is 535. The van der Waals surface area contributed by atoms with Crippen LogP contribution >= 0.6 is 0 Å². The van der Waals surface area contributed by atoms with Crippen molar-refractivity contribution in [3.63, 3.8) is 0 Å². The number of hydrogen-bond donors (Lipinski definition) is 3. The van der Waals surface area contributed by atoms with Gasteiger partial charge in [0.1, 0.15) is 0 Å². The highest BCUT2D eigenvalue weighted by molar-refractivity contribution is 5.66. The van der Waals surface area contributed by atoms with E-state index in [4.69, 9.17) is 5.11 Å². The Morgan fingerprint density at radius 3 is 2.00 bits per heavy atom. The summed E-state index contributed by atoms with van der Waals surface area (Å²) in [7, 11) is 0. The van der Waals surface area contributed by atoms with E-state index >= 15 is 0 Å². The van der Waals surface area contributed by atoms with Crippen LogP contribution in [0.4, 0.5) is 18.0 Å². The fourth-order valence-electron chi connectivity index (χ4n) is 2.58. The number of benzene rings is 1. The van der Waals surface area contributed by atoms with E-state index in [-0.39, 0.29) is 19.4 Å². The second kappa shape index (κ2) is 6.78. The van der Waals surface area contributed by atoms with Crippen LogP contribution in [0.5, 0.6) is 0 Å². The minimum atomic E-state index is -4.41. The largest absolute Gasteiger partial charge is 0.465 e. The van der Waals surface area contributed by atoms with Gasteiger partial charge in [-0.05, 0) is 36.0 Å². The molecule has 0 radical (unpaired) electrons. The molecule has 0 bridgehead atoms. The molecule has 7 heteroatoms. The molecular weight excluding hydrogens is 311 g/mol. The van der Waals surface area contributed by atoms with E-state index in [9.17, 15) is 23.1 Å². The van der Waals surface area contributed by atoms with Crippen LogP contribution in [0.2, 0.25) is 0 Å². The average Bonchev–Trinajstić information content (AvgIpc) is 2.36. The molecule has 0 saturated heterocycles. The average molecular weight is 333 g/mol. The molecule has 0 spiro atoms. The number of hydrogen-bond acceptors (Lipinski definition) is 2. The number of carbonyl (C=O) groups is 1. The summed E-state index contributed by atoms with van der Waals surface area (Å²) in [5.41, 5.74) is -1.73. The first-order valence-electron chi connectivity index (χ1n) is 7.19. The van der Waals surface area contributed by atoms with Gasteiger partial charge in [0.05, 0.1) is 11.1 Å². The van der Waals surface area contributed by atoms with Gasteiger partial charge in [-0.1, -0.05) is 32.9 Å². The van der Waals surface area contributed by atoms with Crippen molar-refractivity contribution in [3.8, 4) is 0 Å². The van der Waals surface area contributed by atoms with Crippen LogP contribution in [-0.4, -0.2) is 28.5 Å². The van der Waals surface area contributed by atoms with Gasteiger partial charge in [0.2, 0.25) is 0 Å². The molecule has 3 N–H and O–H groups in total. The Balaban J connectivity index is 3.16. The lowest BCUT2D eigenvalue weighted by Crippen LogP contribution is -2.58. The van der Waals surface area contributed by atoms with Crippen molar-refractivity contribution in [1.29, 1.82) is 0 Å². The van der Waals surface area contributed by atoms with Gasteiger partial charge < -0.3 is 15.5 Å². The summed E-state index contributed by atoms with van der Waals surface area (Å²) >= 11 is 0. The summed E-state index contributed by atoms with van der Waals surface area (Å²) in [5.74, 6) is 0. The molecule has 0 unspecified atom stereocenters. The molecule has 0 aliphatic heterocycles. The molecule has 4 nitrogen and oxygen atoms in total. The fourth-order valence-corrected chi connectivity index (χ4v) is 2.58. The number of alkyl halides is 3. The normalized spacial score (nSPS) is 15.1. The Labute approximate surface area is 133 Å². The molecule has 0 aliphatic rings. The first-order chi connectivity index (χ1) is 10.4. The van der Waals surface area contributed by atoms with E-state index in [1.54, 1.807) is 0 Å². The molecule has 0 heterocycles. The van der Waals surface area contributed by atoms with Crippen LogP contribution in [0.3, 0.4) is 0 Å². The first kappa shape index (κ1) is 19.3. The zero-order chi connectivity index (χ0) is 17.9. The summed E-state index contributed by atoms with van der Waals surface area (Å²) in [6, 6.07) is 4.62. The van der Waals surface area contributed by atoms with Gasteiger partial charge in [-0.3, -0.25) is 0 Å². The maximum atomic E-state index is 12.6. The predicted octanol–water partition coefficient (Wildman–Crippen LogP) is 3.68. The molecule has 0 fully saturated rings. The third kappa shape index (κ3) is 4.86. The van der Waals surface area contributed by atoms with Gasteiger partial charge in [-0.25, -0.2) is 4.79 Å². The third-order valence-electron chi connectivity index (χ3n) is 4.11. The van der Waals surface area contributed by atoms with Crippen LogP contribution in [-0.2, 0) is 12.6 Å². The smallest absolute Gasteiger partial charge is 0.416 e. The minimum Gasteiger partial charge on any atom is -0.465 e. The topological polar surface area (TPSA) is 69.6 Å². The molecule has 1 aromatic rings. The Hall–Kier alpha value is -1.76. The van der Waals surface area contributed by atoms with Crippen molar-refractivity contribution >= 4 is 6.09 Å². The molecule has 0 aromatic heterocycles. The Morgan fingerprint density at radius 2 is 1.65 bits per heavy atom. The highest BCUT2D eigenvalue weighted by Crippen LogP contribution is 2.37. The summed E-state index contributed by atoms with van der Waals surface area (Å²) in [6.07, 6.45) is -5.31. The SMILES string of the molecule is CC(C)(C)[C@@](CCO)(Cc1ccc(C(F)(F)F)cc1)NC(=O)O. The van der Waals surface area contributed by atoms with E-state index in [0.717, 1.165) is 12.1 Å². The Morgan fingerprint density at radius 1 is 1.13 bits per heavy atom. The molecule has 130 valence electrons. The fraction of sp³-hybridized carbons (Fsp3) is 0.562. The third-order valence-corrected chi connectivity index (χ3v) is 4.11. The van der Waals surface area contributed by atoms with Crippen molar-refractivity contribution in [2.75, 3.05) is 6.61 Å². The van der Waals surface area contributed by atoms with E-state index < -0.39 is 28.8 Å². The van der Waals surface area contributed by atoms with Gasteiger partial charge >= 0.3 is 12.3 Å². The summed E-state index contributed by atoms with van der Waals surface area (Å²) in [4.78, 5) is 11.2. The van der Waals surface area contributed by atoms with Gasteiger partial charge in [-0.15, -0.1) is 0 Å². The van der Waals surface area contributed by atoms with Gasteiger partial charge in [0, 0.05) is 6.61 Å². The molecule has 0 saturated carbocycles. The molecule has 0 aliphatic carbocycles. The first-order valence-corrected chi connectivity index (χ1v) is 7.19. The van der Waals surface area contributed by atoms with Gasteiger partial charge in [-0.2, -0.15) is 13.2 Å². The molecular formula is C16H22F3NO3. The molecule has 1 atom stereocenters. The van der Waals surface area contributed by atoms with Crippen LogP contribution in [0, 0.1) is 5.41 Å². The number of rotatable bonds is 5. The lowest BCUT2D eigenvalue weighted by atomic mass is 9.68. The lowest BCUT2D eigenvalue weighted by molar-refractivity contribution is -0.137. The number of halogens is 3. The van der Waals surface area contributed by atoms with Crippen molar-refractivity contribution < 1.29 is 28.2 Å². The molecule has 1 rings (SSSR count). The van der Waals surface area contributed by atoms with Crippen molar-refractivity contribution in [3.05, 3.63) is 35.4 Å². The zero-order valence-electron chi connectivity index (χ0n) is 13.4. The lowest BCUT2D eigenvalue weighted by Gasteiger charge is -2.45. The standard InChI is InChI=1S/C16H22F3NO3/c1-14(2,3)15(8-9-21,20-13(22)23)10-11-4-6-12(7-5-11)16(17,18)19/h4-7,20-21H,8-10H2,1-3H3,(H,22,23)/t15-/m1/s1. The van der Waals surface area contributed by atoms with E-state index in [0.29, 0.717) is 5.56 Å². The van der Waals surface area contributed by atoms with E-state index in [1.165, 1.54) is 12.1 Å². The maximum Gasteiger partial charge on any atom is 0.416 e. The number of amides is 1. The van der Waals surface area contributed by atoms with Crippen LogP contribution in [0.25, 0.3) is 0 Å². The van der Waals surface area contributed by atoms with Crippen LogP contribution in [0.1, 0.15) is 38.3 Å². The number of nitrogens with one attached hydrogen (secondary N) is 1. The minimum absolute atomic E-state index is 0.157. The number of aliphatic hydroxyl groups is 1. The molecule has 23 heavy (non-hydrogen) atoms. The van der Waals surface area contributed by atoms with Crippen molar-refractivity contribution in [1.82, 2.24) is 5.32 Å². The predicted molar refractivity (Wildman–Crippen MR) is 80.2 cm³/mol. The van der Waals surface area contributed by atoms with Crippen LogP contribution in [0.15, 0.2) is 24.3 Å². The van der Waals surface area contributed by atoms with Crippen molar-refractivity contribution in [2.24, 2.45) is 5.41 Å². The second-order valence-corrected chi connectivity index (χ2v) is 6.61. The summed E-state index contributed by atoms with van der Waals surface area (Å²) < 4.78 is 37.8. The molecule has 1 amide bonds. The van der Waals surface area contributed by atoms with Crippen LogP contribution < -0.4 is 5.32 Å². The summed E-state index contributed by atoms with van der Waals surface area (Å²) in [6.45, 7) is 5.23. The monoisotopic (exact) mass is 333 g/mol.